The van der Waals surface area contributed by atoms with E-state index in [1.807, 2.05) is 24.3 Å². The summed E-state index contributed by atoms with van der Waals surface area (Å²) in [7, 11) is 0. The van der Waals surface area contributed by atoms with Crippen molar-refractivity contribution in [1.82, 2.24) is 0 Å². The third-order valence-corrected chi connectivity index (χ3v) is 2.00. The molecule has 0 atom stereocenters. The van der Waals surface area contributed by atoms with Crippen molar-refractivity contribution in [3.8, 4) is 12.0 Å². The van der Waals surface area contributed by atoms with E-state index in [1.54, 1.807) is 0 Å². The van der Waals surface area contributed by atoms with Crippen LogP contribution in [0.5, 0.6) is 0 Å². The van der Waals surface area contributed by atoms with Crippen LogP contribution in [0.3, 0.4) is 0 Å². The summed E-state index contributed by atoms with van der Waals surface area (Å²) in [6.07, 6.45) is 0. The number of benzene rings is 2. The molecule has 2 rings (SSSR count). The van der Waals surface area contributed by atoms with Gasteiger partial charge >= 0.3 is 0 Å². The van der Waals surface area contributed by atoms with Crippen molar-refractivity contribution < 1.29 is 0 Å². The summed E-state index contributed by atoms with van der Waals surface area (Å²) in [4.78, 5) is 0. The fourth-order valence-electron chi connectivity index (χ4n) is 1.41. The predicted octanol–water partition coefficient (Wildman–Crippen LogP) is 2.11. The highest BCUT2D eigenvalue weighted by atomic mass is 14.5. The number of rotatable bonds is 0. The molecule has 0 aliphatic carbocycles. The maximum Gasteiger partial charge on any atom is 0.0342 e. The fraction of sp³-hybridized carbons (Fsp3) is 0. The van der Waals surface area contributed by atoms with E-state index in [0.717, 1.165) is 10.9 Å². The highest BCUT2D eigenvalue weighted by Gasteiger charge is 1.95. The first-order valence-corrected chi connectivity index (χ1v) is 4.11. The van der Waals surface area contributed by atoms with Crippen LogP contribution in [-0.4, -0.2) is 0 Å². The highest BCUT2D eigenvalue weighted by Crippen LogP contribution is 2.16. The van der Waals surface area contributed by atoms with Crippen molar-refractivity contribution in [1.29, 1.82) is 0 Å². The summed E-state index contributed by atoms with van der Waals surface area (Å²) >= 11 is 0. The fourth-order valence-corrected chi connectivity index (χ4v) is 1.41. The summed E-state index contributed by atoms with van der Waals surface area (Å²) in [5.74, 6) is 2.88. The van der Waals surface area contributed by atoms with Crippen LogP contribution < -0.4 is 5.73 Å². The Morgan fingerprint density at radius 1 is 0.923 bits per heavy atom. The second-order valence-electron chi connectivity index (χ2n) is 2.80. The van der Waals surface area contributed by atoms with Gasteiger partial charge in [-0.15, -0.1) is 0 Å². The summed E-state index contributed by atoms with van der Waals surface area (Å²) in [6, 6.07) is 16.6. The summed E-state index contributed by atoms with van der Waals surface area (Å²) in [6.45, 7) is 0. The van der Waals surface area contributed by atoms with Crippen LogP contribution in [-0.2, 0) is 0 Å². The van der Waals surface area contributed by atoms with Crippen molar-refractivity contribution in [3.63, 3.8) is 0 Å². The summed E-state index contributed by atoms with van der Waals surface area (Å²) in [5.41, 5.74) is 6.18. The molecule has 0 fully saturated rings. The third-order valence-electron chi connectivity index (χ3n) is 2.00. The van der Waals surface area contributed by atoms with E-state index in [-0.39, 0.29) is 0 Å². The van der Waals surface area contributed by atoms with Gasteiger partial charge in [0.2, 0.25) is 0 Å². The Morgan fingerprint density at radius 2 is 1.69 bits per heavy atom. The van der Waals surface area contributed by atoms with Gasteiger partial charge in [0.05, 0.1) is 0 Å². The van der Waals surface area contributed by atoms with Crippen LogP contribution in [0.25, 0.3) is 10.8 Å². The highest BCUT2D eigenvalue weighted by molar-refractivity contribution is 5.88. The predicted molar refractivity (Wildman–Crippen MR) is 55.0 cm³/mol. The zero-order valence-corrected chi connectivity index (χ0v) is 7.12. The quantitative estimate of drug-likeness (QED) is 0.472. The van der Waals surface area contributed by atoms with Crippen LogP contribution >= 0.6 is 0 Å². The van der Waals surface area contributed by atoms with Gasteiger partial charge in [-0.05, 0) is 22.8 Å². The van der Waals surface area contributed by atoms with Crippen molar-refractivity contribution in [2.24, 2.45) is 5.73 Å². The Bertz CT molecular complexity index is 484. The molecule has 62 valence electrons. The average Bonchev–Trinajstić information content (AvgIpc) is 2.19. The number of hydrogen-bond donors (Lipinski definition) is 1. The van der Waals surface area contributed by atoms with E-state index in [9.17, 15) is 0 Å². The third kappa shape index (κ3) is 1.34. The molecule has 0 aliphatic rings. The largest absolute Gasteiger partial charge is 0.359 e. The maximum atomic E-state index is 5.19. The van der Waals surface area contributed by atoms with E-state index >= 15 is 0 Å². The monoisotopic (exact) mass is 167 g/mol. The SMILES string of the molecule is NC#Cc1cccc2ccccc12. The van der Waals surface area contributed by atoms with Gasteiger partial charge in [-0.2, -0.15) is 0 Å². The minimum atomic E-state index is 0.987. The summed E-state index contributed by atoms with van der Waals surface area (Å²) < 4.78 is 0. The van der Waals surface area contributed by atoms with Gasteiger partial charge in [0.1, 0.15) is 0 Å². The zero-order chi connectivity index (χ0) is 9.10. The van der Waals surface area contributed by atoms with E-state index in [0.29, 0.717) is 0 Å². The second-order valence-corrected chi connectivity index (χ2v) is 2.80. The lowest BCUT2D eigenvalue weighted by Crippen LogP contribution is -1.82. The topological polar surface area (TPSA) is 26.0 Å². The molecule has 1 nitrogen and oxygen atoms in total. The Hall–Kier alpha value is -1.94. The van der Waals surface area contributed by atoms with Gasteiger partial charge in [-0.3, -0.25) is 0 Å². The molecular weight excluding hydrogens is 158 g/mol. The van der Waals surface area contributed by atoms with Crippen LogP contribution in [0, 0.1) is 12.0 Å². The molecule has 0 saturated carbocycles. The Morgan fingerprint density at radius 3 is 2.54 bits per heavy atom. The van der Waals surface area contributed by atoms with Crippen molar-refractivity contribution >= 4 is 10.8 Å². The second kappa shape index (κ2) is 3.20. The van der Waals surface area contributed by atoms with Gasteiger partial charge in [0, 0.05) is 11.6 Å². The average molecular weight is 167 g/mol. The van der Waals surface area contributed by atoms with Gasteiger partial charge in [0.25, 0.3) is 0 Å². The van der Waals surface area contributed by atoms with Crippen LogP contribution in [0.2, 0.25) is 0 Å². The normalized spacial score (nSPS) is 9.23. The summed E-state index contributed by atoms with van der Waals surface area (Å²) in [5, 5.41) is 2.35. The molecule has 0 amide bonds. The number of nitrogens with two attached hydrogens (primary N) is 1. The van der Waals surface area contributed by atoms with Crippen LogP contribution in [0.1, 0.15) is 5.56 Å². The van der Waals surface area contributed by atoms with Crippen molar-refractivity contribution in [2.45, 2.75) is 0 Å². The molecule has 0 unspecified atom stereocenters. The van der Waals surface area contributed by atoms with E-state index in [4.69, 9.17) is 5.73 Å². The molecular formula is C12H9N. The molecule has 0 bridgehead atoms. The molecule has 0 heterocycles. The molecule has 13 heavy (non-hydrogen) atoms. The lowest BCUT2D eigenvalue weighted by Gasteiger charge is -1.98. The zero-order valence-electron chi connectivity index (χ0n) is 7.12. The first kappa shape index (κ1) is 7.70. The standard InChI is InChI=1S/C12H9N/c13-9-8-11-6-3-5-10-4-1-2-7-12(10)11/h1-7H,13H2. The Labute approximate surface area is 77.2 Å². The maximum absolute atomic E-state index is 5.19. The molecule has 1 heteroatoms. The molecule has 0 saturated heterocycles. The molecule has 0 radical (unpaired) electrons. The van der Waals surface area contributed by atoms with E-state index in [1.165, 1.54) is 5.39 Å². The minimum Gasteiger partial charge on any atom is -0.359 e. The molecule has 2 aromatic carbocycles. The molecule has 2 N–H and O–H groups in total. The lowest BCUT2D eigenvalue weighted by molar-refractivity contribution is 1.68. The van der Waals surface area contributed by atoms with Gasteiger partial charge in [-0.25, -0.2) is 0 Å². The first-order chi connectivity index (χ1) is 6.42. The Kier molecular flexibility index (Phi) is 1.90. The van der Waals surface area contributed by atoms with Crippen molar-refractivity contribution in [3.05, 3.63) is 48.0 Å². The van der Waals surface area contributed by atoms with Crippen molar-refractivity contribution in [2.75, 3.05) is 0 Å². The first-order valence-electron chi connectivity index (χ1n) is 4.11. The van der Waals surface area contributed by atoms with Crippen LogP contribution in [0.4, 0.5) is 0 Å². The number of fused-ring (bicyclic) bond motifs is 1. The Balaban J connectivity index is 2.80. The lowest BCUT2D eigenvalue weighted by atomic mass is 10.1. The van der Waals surface area contributed by atoms with E-state index in [2.05, 4.69) is 30.2 Å². The number of hydrogen-bond acceptors (Lipinski definition) is 1. The molecule has 2 aromatic rings. The molecule has 0 spiro atoms. The van der Waals surface area contributed by atoms with Gasteiger partial charge in [0.15, 0.2) is 0 Å². The van der Waals surface area contributed by atoms with Gasteiger partial charge < -0.3 is 5.73 Å². The minimum absolute atomic E-state index is 0.987. The molecule has 0 aromatic heterocycles. The smallest absolute Gasteiger partial charge is 0.0342 e. The molecule has 0 aliphatic heterocycles. The van der Waals surface area contributed by atoms with Crippen LogP contribution in [0.15, 0.2) is 42.5 Å². The van der Waals surface area contributed by atoms with E-state index < -0.39 is 0 Å². The van der Waals surface area contributed by atoms with Gasteiger partial charge in [-0.1, -0.05) is 36.4 Å².